The van der Waals surface area contributed by atoms with Crippen molar-refractivity contribution in [3.63, 3.8) is 0 Å². The van der Waals surface area contributed by atoms with Gasteiger partial charge in [-0.05, 0) is 40.6 Å². The lowest BCUT2D eigenvalue weighted by molar-refractivity contribution is 0.144. The van der Waals surface area contributed by atoms with E-state index in [0.717, 1.165) is 0 Å². The second kappa shape index (κ2) is 4.28. The number of aromatic nitrogens is 1. The second-order valence-electron chi connectivity index (χ2n) is 2.57. The summed E-state index contributed by atoms with van der Waals surface area (Å²) in [5.41, 5.74) is 1.05. The van der Waals surface area contributed by atoms with Crippen LogP contribution in [0.4, 0.5) is 8.78 Å². The molecular formula is C8H8F2INO. The molecule has 0 radical (unpaired) electrons. The van der Waals surface area contributed by atoms with Crippen molar-refractivity contribution in [2.75, 3.05) is 0 Å². The molecule has 72 valence electrons. The zero-order valence-electron chi connectivity index (χ0n) is 6.89. The SMILES string of the molecule is Cc1c(CO)cnc(C(F)F)c1I. The van der Waals surface area contributed by atoms with Crippen molar-refractivity contribution in [2.45, 2.75) is 20.0 Å². The molecule has 0 atom stereocenters. The van der Waals surface area contributed by atoms with E-state index in [2.05, 4.69) is 4.98 Å². The highest BCUT2D eigenvalue weighted by atomic mass is 127. The molecule has 0 aliphatic heterocycles. The number of hydrogen-bond acceptors (Lipinski definition) is 2. The van der Waals surface area contributed by atoms with Gasteiger partial charge in [-0.3, -0.25) is 4.98 Å². The number of aliphatic hydroxyl groups excluding tert-OH is 1. The second-order valence-corrected chi connectivity index (χ2v) is 3.65. The molecule has 0 aromatic carbocycles. The summed E-state index contributed by atoms with van der Waals surface area (Å²) in [6.45, 7) is 1.53. The molecular weight excluding hydrogens is 291 g/mol. The number of alkyl halides is 2. The Kier molecular flexibility index (Phi) is 3.55. The predicted molar refractivity (Wildman–Crippen MR) is 52.6 cm³/mol. The molecule has 1 heterocycles. The Morgan fingerprint density at radius 2 is 2.23 bits per heavy atom. The number of aliphatic hydroxyl groups is 1. The molecule has 0 spiro atoms. The molecule has 0 aliphatic rings. The summed E-state index contributed by atoms with van der Waals surface area (Å²) in [4.78, 5) is 3.59. The zero-order valence-corrected chi connectivity index (χ0v) is 9.05. The summed E-state index contributed by atoms with van der Waals surface area (Å²) in [6, 6.07) is 0. The van der Waals surface area contributed by atoms with Crippen LogP contribution in [-0.2, 0) is 6.61 Å². The summed E-state index contributed by atoms with van der Waals surface area (Å²) in [5.74, 6) is 0. The van der Waals surface area contributed by atoms with Crippen LogP contribution in [0.25, 0.3) is 0 Å². The Balaban J connectivity index is 3.23. The van der Waals surface area contributed by atoms with Crippen molar-refractivity contribution in [2.24, 2.45) is 0 Å². The van der Waals surface area contributed by atoms with Gasteiger partial charge in [-0.2, -0.15) is 0 Å². The quantitative estimate of drug-likeness (QED) is 0.851. The highest BCUT2D eigenvalue weighted by Gasteiger charge is 2.16. The Hall–Kier alpha value is -0.300. The van der Waals surface area contributed by atoms with Crippen molar-refractivity contribution < 1.29 is 13.9 Å². The van der Waals surface area contributed by atoms with E-state index in [0.29, 0.717) is 14.7 Å². The van der Waals surface area contributed by atoms with Gasteiger partial charge < -0.3 is 5.11 Å². The normalized spacial score (nSPS) is 10.9. The van der Waals surface area contributed by atoms with Crippen LogP contribution in [0.2, 0.25) is 0 Å². The molecule has 0 aliphatic carbocycles. The van der Waals surface area contributed by atoms with Gasteiger partial charge >= 0.3 is 0 Å². The zero-order chi connectivity index (χ0) is 10.0. The van der Waals surface area contributed by atoms with E-state index >= 15 is 0 Å². The Morgan fingerprint density at radius 1 is 1.62 bits per heavy atom. The summed E-state index contributed by atoms with van der Waals surface area (Å²) >= 11 is 1.82. The average Bonchev–Trinajstić information content (AvgIpc) is 2.09. The van der Waals surface area contributed by atoms with E-state index in [1.165, 1.54) is 6.20 Å². The minimum absolute atomic E-state index is 0.168. The van der Waals surface area contributed by atoms with Gasteiger partial charge in [0.1, 0.15) is 5.69 Å². The van der Waals surface area contributed by atoms with Crippen LogP contribution >= 0.6 is 22.6 Å². The van der Waals surface area contributed by atoms with Crippen LogP contribution in [0.15, 0.2) is 6.20 Å². The van der Waals surface area contributed by atoms with E-state index in [1.54, 1.807) is 6.92 Å². The minimum Gasteiger partial charge on any atom is -0.392 e. The van der Waals surface area contributed by atoms with E-state index in [-0.39, 0.29) is 12.3 Å². The van der Waals surface area contributed by atoms with Crippen LogP contribution in [-0.4, -0.2) is 10.1 Å². The third-order valence-electron chi connectivity index (χ3n) is 1.77. The van der Waals surface area contributed by atoms with E-state index in [9.17, 15) is 8.78 Å². The molecule has 1 aromatic heterocycles. The van der Waals surface area contributed by atoms with Crippen molar-refractivity contribution in [3.8, 4) is 0 Å². The summed E-state index contributed by atoms with van der Waals surface area (Å²) in [6.07, 6.45) is -1.27. The standard InChI is InChI=1S/C8H8F2INO/c1-4-5(3-13)2-12-7(6(4)11)8(9)10/h2,8,13H,3H2,1H3. The highest BCUT2D eigenvalue weighted by Crippen LogP contribution is 2.26. The Morgan fingerprint density at radius 3 is 2.69 bits per heavy atom. The molecule has 1 aromatic rings. The topological polar surface area (TPSA) is 33.1 Å². The molecule has 1 N–H and O–H groups in total. The molecule has 0 saturated heterocycles. The lowest BCUT2D eigenvalue weighted by Crippen LogP contribution is -2.01. The minimum atomic E-state index is -2.56. The maximum atomic E-state index is 12.3. The van der Waals surface area contributed by atoms with Crippen molar-refractivity contribution in [3.05, 3.63) is 26.6 Å². The number of nitrogens with zero attached hydrogens (tertiary/aromatic N) is 1. The first-order chi connectivity index (χ1) is 6.07. The van der Waals surface area contributed by atoms with E-state index in [1.807, 2.05) is 22.6 Å². The van der Waals surface area contributed by atoms with Gasteiger partial charge in [0.2, 0.25) is 0 Å². The maximum absolute atomic E-state index is 12.3. The van der Waals surface area contributed by atoms with Crippen LogP contribution in [0.5, 0.6) is 0 Å². The first kappa shape index (κ1) is 10.8. The summed E-state index contributed by atoms with van der Waals surface area (Å²) in [7, 11) is 0. The van der Waals surface area contributed by atoms with E-state index in [4.69, 9.17) is 5.11 Å². The predicted octanol–water partition coefficient (Wildman–Crippen LogP) is 2.42. The van der Waals surface area contributed by atoms with Crippen LogP contribution in [0.3, 0.4) is 0 Å². The Labute approximate surface area is 88.1 Å². The van der Waals surface area contributed by atoms with Gasteiger partial charge in [0, 0.05) is 9.77 Å². The molecule has 0 fully saturated rings. The molecule has 0 amide bonds. The fourth-order valence-corrected chi connectivity index (χ4v) is 1.67. The molecule has 1 rings (SSSR count). The van der Waals surface area contributed by atoms with Gasteiger partial charge in [0.05, 0.1) is 6.61 Å². The lowest BCUT2D eigenvalue weighted by Gasteiger charge is -2.08. The summed E-state index contributed by atoms with van der Waals surface area (Å²) in [5, 5.41) is 8.84. The van der Waals surface area contributed by atoms with E-state index < -0.39 is 6.43 Å². The maximum Gasteiger partial charge on any atom is 0.281 e. The number of pyridine rings is 1. The monoisotopic (exact) mass is 299 g/mol. The van der Waals surface area contributed by atoms with Gasteiger partial charge in [-0.1, -0.05) is 0 Å². The van der Waals surface area contributed by atoms with Gasteiger partial charge in [0.15, 0.2) is 0 Å². The first-order valence-corrected chi connectivity index (χ1v) is 4.68. The third-order valence-corrected chi connectivity index (χ3v) is 3.13. The van der Waals surface area contributed by atoms with Crippen LogP contribution < -0.4 is 0 Å². The average molecular weight is 299 g/mol. The van der Waals surface area contributed by atoms with Gasteiger partial charge in [0.25, 0.3) is 6.43 Å². The van der Waals surface area contributed by atoms with Crippen molar-refractivity contribution >= 4 is 22.6 Å². The lowest BCUT2D eigenvalue weighted by atomic mass is 10.1. The van der Waals surface area contributed by atoms with Crippen LogP contribution in [0, 0.1) is 10.5 Å². The summed E-state index contributed by atoms with van der Waals surface area (Å²) < 4.78 is 25.1. The van der Waals surface area contributed by atoms with Crippen LogP contribution in [0.1, 0.15) is 23.2 Å². The molecule has 0 unspecified atom stereocenters. The molecule has 13 heavy (non-hydrogen) atoms. The fraction of sp³-hybridized carbons (Fsp3) is 0.375. The number of halogens is 3. The van der Waals surface area contributed by atoms with Gasteiger partial charge in [-0.15, -0.1) is 0 Å². The highest BCUT2D eigenvalue weighted by molar-refractivity contribution is 14.1. The smallest absolute Gasteiger partial charge is 0.281 e. The molecule has 2 nitrogen and oxygen atoms in total. The fourth-order valence-electron chi connectivity index (χ4n) is 0.946. The largest absolute Gasteiger partial charge is 0.392 e. The number of rotatable bonds is 2. The molecule has 0 bridgehead atoms. The number of hydrogen-bond donors (Lipinski definition) is 1. The molecule has 5 heteroatoms. The van der Waals surface area contributed by atoms with Gasteiger partial charge in [-0.25, -0.2) is 8.78 Å². The first-order valence-electron chi connectivity index (χ1n) is 3.60. The van der Waals surface area contributed by atoms with Crippen molar-refractivity contribution in [1.82, 2.24) is 4.98 Å². The Bertz CT molecular complexity index is 317. The van der Waals surface area contributed by atoms with Crippen molar-refractivity contribution in [1.29, 1.82) is 0 Å². The third kappa shape index (κ3) is 2.14. The molecule has 0 saturated carbocycles.